The molecule has 150 valence electrons. The van der Waals surface area contributed by atoms with E-state index in [4.69, 9.17) is 0 Å². The molecule has 7 nitrogen and oxygen atoms in total. The van der Waals surface area contributed by atoms with E-state index in [-0.39, 0.29) is 22.5 Å². The third-order valence-electron chi connectivity index (χ3n) is 5.26. The molecule has 1 unspecified atom stereocenters. The minimum Gasteiger partial charge on any atom is -0.355 e. The van der Waals surface area contributed by atoms with Crippen molar-refractivity contribution in [2.24, 2.45) is 10.3 Å². The first-order valence-corrected chi connectivity index (χ1v) is 10.9. The Labute approximate surface area is 169 Å². The number of fused-ring (bicyclic) bond motifs is 1. The maximum atomic E-state index is 12.8. The normalized spacial score (nSPS) is 20.0. The molecule has 2 aliphatic rings. The first-order valence-electron chi connectivity index (χ1n) is 9.46. The van der Waals surface area contributed by atoms with Crippen LogP contribution in [-0.4, -0.2) is 43.9 Å². The summed E-state index contributed by atoms with van der Waals surface area (Å²) in [4.78, 5) is 26.2. The largest absolute Gasteiger partial charge is 0.355 e. The molecule has 0 saturated carbocycles. The fourth-order valence-electron chi connectivity index (χ4n) is 3.73. The number of ketones is 1. The van der Waals surface area contributed by atoms with Gasteiger partial charge in [-0.15, -0.1) is 4.40 Å². The van der Waals surface area contributed by atoms with Crippen LogP contribution in [0.5, 0.6) is 0 Å². The highest BCUT2D eigenvalue weighted by atomic mass is 32.2. The van der Waals surface area contributed by atoms with Gasteiger partial charge in [-0.1, -0.05) is 12.1 Å². The molecule has 1 atom stereocenters. The van der Waals surface area contributed by atoms with Gasteiger partial charge in [0.25, 0.3) is 10.0 Å². The van der Waals surface area contributed by atoms with Crippen molar-refractivity contribution < 1.29 is 18.0 Å². The van der Waals surface area contributed by atoms with Crippen LogP contribution in [-0.2, 0) is 14.8 Å². The molecule has 4 rings (SSSR count). The first kappa shape index (κ1) is 19.3. The van der Waals surface area contributed by atoms with Gasteiger partial charge in [-0.2, -0.15) is 8.42 Å². The number of benzene rings is 2. The Bertz CT molecular complexity index is 1110. The second-order valence-corrected chi connectivity index (χ2v) is 8.87. The molecular formula is C21H21N3O4S. The van der Waals surface area contributed by atoms with E-state index in [2.05, 4.69) is 9.71 Å². The van der Waals surface area contributed by atoms with E-state index in [1.165, 1.54) is 6.92 Å². The number of carbonyl (C=O) groups excluding carboxylic acids is 2. The lowest BCUT2D eigenvalue weighted by molar-refractivity contribution is -0.121. The number of likely N-dealkylation sites (tertiary alicyclic amines) is 1. The average molecular weight is 411 g/mol. The number of nitrogens with one attached hydrogen (secondary N) is 1. The van der Waals surface area contributed by atoms with Gasteiger partial charge in [-0.25, -0.2) is 0 Å². The molecule has 2 aromatic carbocycles. The van der Waals surface area contributed by atoms with Crippen LogP contribution in [0.2, 0.25) is 0 Å². The van der Waals surface area contributed by atoms with E-state index in [0.717, 1.165) is 12.8 Å². The van der Waals surface area contributed by atoms with Gasteiger partial charge in [0.1, 0.15) is 4.90 Å². The Hall–Kier alpha value is -3.00. The van der Waals surface area contributed by atoms with Crippen LogP contribution in [0.25, 0.3) is 0 Å². The Morgan fingerprint density at radius 1 is 1.10 bits per heavy atom. The summed E-state index contributed by atoms with van der Waals surface area (Å²) in [6.07, 6.45) is 1.48. The number of amidine groups is 1. The van der Waals surface area contributed by atoms with Crippen molar-refractivity contribution in [3.63, 3.8) is 0 Å². The topological polar surface area (TPSA) is 95.9 Å². The van der Waals surface area contributed by atoms with Crippen LogP contribution >= 0.6 is 0 Å². The van der Waals surface area contributed by atoms with Crippen molar-refractivity contribution in [1.82, 2.24) is 4.90 Å². The van der Waals surface area contributed by atoms with Crippen LogP contribution in [0.4, 0.5) is 5.69 Å². The second-order valence-electron chi connectivity index (χ2n) is 7.29. The molecular weight excluding hydrogens is 390 g/mol. The predicted octanol–water partition coefficient (Wildman–Crippen LogP) is 2.69. The standard InChI is InChI=1S/C21H21N3O4S/c1-14(25)15-8-10-17(11-9-15)22-21(26)16-5-4-12-24(13-16)20-18-6-2-3-7-19(18)29(27,28)23-20/h2-3,6-11,16H,4-5,12-13H2,1H3,(H,22,26). The van der Waals surface area contributed by atoms with Crippen LogP contribution < -0.4 is 5.32 Å². The average Bonchev–Trinajstić information content (AvgIpc) is 3.00. The van der Waals surface area contributed by atoms with Crippen LogP contribution in [0.1, 0.15) is 35.7 Å². The fraction of sp³-hybridized carbons (Fsp3) is 0.286. The number of hydrogen-bond donors (Lipinski definition) is 1. The molecule has 0 aliphatic carbocycles. The number of carbonyl (C=O) groups is 2. The number of sulfonamides is 1. The number of anilines is 1. The van der Waals surface area contributed by atoms with Crippen molar-refractivity contribution in [3.05, 3.63) is 59.7 Å². The molecule has 2 aliphatic heterocycles. The van der Waals surface area contributed by atoms with Crippen molar-refractivity contribution in [2.75, 3.05) is 18.4 Å². The highest BCUT2D eigenvalue weighted by Crippen LogP contribution is 2.30. The lowest BCUT2D eigenvalue weighted by Gasteiger charge is -2.33. The van der Waals surface area contributed by atoms with Gasteiger partial charge in [0.2, 0.25) is 5.91 Å². The van der Waals surface area contributed by atoms with Crippen molar-refractivity contribution in [2.45, 2.75) is 24.7 Å². The van der Waals surface area contributed by atoms with E-state index < -0.39 is 10.0 Å². The zero-order valence-corrected chi connectivity index (χ0v) is 16.8. The number of piperidine rings is 1. The van der Waals surface area contributed by atoms with E-state index in [1.807, 2.05) is 4.90 Å². The molecule has 0 bridgehead atoms. The lowest BCUT2D eigenvalue weighted by atomic mass is 9.96. The van der Waals surface area contributed by atoms with Crippen LogP contribution in [0.15, 0.2) is 57.8 Å². The maximum Gasteiger partial charge on any atom is 0.285 e. The monoisotopic (exact) mass is 411 g/mol. The maximum absolute atomic E-state index is 12.8. The van der Waals surface area contributed by atoms with Crippen molar-refractivity contribution in [3.8, 4) is 0 Å². The molecule has 0 aromatic heterocycles. The Morgan fingerprint density at radius 2 is 1.83 bits per heavy atom. The highest BCUT2D eigenvalue weighted by Gasteiger charge is 2.35. The summed E-state index contributed by atoms with van der Waals surface area (Å²) >= 11 is 0. The van der Waals surface area contributed by atoms with E-state index in [9.17, 15) is 18.0 Å². The second kappa shape index (κ2) is 7.44. The lowest BCUT2D eigenvalue weighted by Crippen LogP contribution is -2.43. The zero-order chi connectivity index (χ0) is 20.6. The fourth-order valence-corrected chi connectivity index (χ4v) is 4.96. The summed E-state index contributed by atoms with van der Waals surface area (Å²) in [7, 11) is -3.68. The number of Topliss-reactive ketones (excluding diaryl/α,β-unsaturated/α-hetero) is 1. The molecule has 1 saturated heterocycles. The van der Waals surface area contributed by atoms with Gasteiger partial charge >= 0.3 is 0 Å². The predicted molar refractivity (Wildman–Crippen MR) is 110 cm³/mol. The van der Waals surface area contributed by atoms with Gasteiger partial charge in [-0.3, -0.25) is 9.59 Å². The Balaban J connectivity index is 1.49. The van der Waals surface area contributed by atoms with Crippen molar-refractivity contribution in [1.29, 1.82) is 0 Å². The molecule has 1 N–H and O–H groups in total. The molecule has 1 fully saturated rings. The highest BCUT2D eigenvalue weighted by molar-refractivity contribution is 7.90. The van der Waals surface area contributed by atoms with Gasteiger partial charge in [0.15, 0.2) is 11.6 Å². The summed E-state index contributed by atoms with van der Waals surface area (Å²) in [6.45, 7) is 2.55. The quantitative estimate of drug-likeness (QED) is 0.784. The zero-order valence-electron chi connectivity index (χ0n) is 16.0. The van der Waals surface area contributed by atoms with Crippen molar-refractivity contribution >= 4 is 33.2 Å². The molecule has 29 heavy (non-hydrogen) atoms. The van der Waals surface area contributed by atoms with E-state index in [0.29, 0.717) is 35.7 Å². The number of amides is 1. The summed E-state index contributed by atoms with van der Waals surface area (Å²) < 4.78 is 28.6. The molecule has 8 heteroatoms. The number of rotatable bonds is 3. The van der Waals surface area contributed by atoms with Gasteiger partial charge in [0.05, 0.1) is 5.92 Å². The number of hydrogen-bond acceptors (Lipinski definition) is 5. The molecule has 2 heterocycles. The third-order valence-corrected chi connectivity index (χ3v) is 6.59. The summed E-state index contributed by atoms with van der Waals surface area (Å²) in [5.74, 6) is -0.0169. The molecule has 0 spiro atoms. The Morgan fingerprint density at radius 3 is 2.55 bits per heavy atom. The van der Waals surface area contributed by atoms with Gasteiger partial charge < -0.3 is 10.2 Å². The summed E-state index contributed by atoms with van der Waals surface area (Å²) in [5.41, 5.74) is 1.81. The summed E-state index contributed by atoms with van der Waals surface area (Å²) in [6, 6.07) is 13.5. The van der Waals surface area contributed by atoms with E-state index in [1.54, 1.807) is 48.5 Å². The minimum atomic E-state index is -3.68. The van der Waals surface area contributed by atoms with Gasteiger partial charge in [0, 0.05) is 29.9 Å². The third kappa shape index (κ3) is 3.80. The molecule has 2 aromatic rings. The van der Waals surface area contributed by atoms with Crippen LogP contribution in [0.3, 0.4) is 0 Å². The summed E-state index contributed by atoms with van der Waals surface area (Å²) in [5, 5.41) is 2.89. The Kier molecular flexibility index (Phi) is 4.96. The van der Waals surface area contributed by atoms with Gasteiger partial charge in [-0.05, 0) is 56.2 Å². The number of nitrogens with zero attached hydrogens (tertiary/aromatic N) is 2. The molecule has 0 radical (unpaired) electrons. The SMILES string of the molecule is CC(=O)c1ccc(NC(=O)C2CCCN(C3=NS(=O)(=O)c4ccccc43)C2)cc1. The smallest absolute Gasteiger partial charge is 0.285 e. The minimum absolute atomic E-state index is 0.0293. The van der Waals surface area contributed by atoms with E-state index >= 15 is 0 Å². The molecule has 1 amide bonds. The van der Waals surface area contributed by atoms with Crippen LogP contribution in [0, 0.1) is 5.92 Å². The first-order chi connectivity index (χ1) is 13.8.